The Bertz CT molecular complexity index is 1150. The number of benzene rings is 2. The average molecular weight is 416 g/mol. The Morgan fingerprint density at radius 3 is 2.79 bits per heavy atom. The number of anilines is 2. The first-order valence-electron chi connectivity index (χ1n) is 9.21. The molecule has 1 heterocycles. The van der Waals surface area contributed by atoms with Gasteiger partial charge in [-0.15, -0.1) is 0 Å². The highest BCUT2D eigenvalue weighted by Gasteiger charge is 2.23. The summed E-state index contributed by atoms with van der Waals surface area (Å²) < 4.78 is 45.2. The molecule has 4 rings (SSSR count). The van der Waals surface area contributed by atoms with E-state index in [9.17, 15) is 12.8 Å². The summed E-state index contributed by atoms with van der Waals surface area (Å²) in [7, 11) is -1.98. The van der Waals surface area contributed by atoms with Gasteiger partial charge in [-0.05, 0) is 54.3 Å². The minimum Gasteiger partial charge on any atom is -0.384 e. The molecule has 7 nitrogen and oxygen atoms in total. The van der Waals surface area contributed by atoms with Gasteiger partial charge >= 0.3 is 0 Å². The van der Waals surface area contributed by atoms with E-state index in [2.05, 4.69) is 20.0 Å². The molecule has 2 aromatic carbocycles. The second-order valence-electron chi connectivity index (χ2n) is 7.03. The lowest BCUT2D eigenvalue weighted by atomic mass is 10.1. The van der Waals surface area contributed by atoms with Crippen LogP contribution in [0.2, 0.25) is 0 Å². The summed E-state index contributed by atoms with van der Waals surface area (Å²) in [4.78, 5) is 8.45. The number of hydrogen-bond donors (Lipinski definition) is 2. The Hall–Kier alpha value is -2.78. The third kappa shape index (κ3) is 4.46. The van der Waals surface area contributed by atoms with Crippen molar-refractivity contribution in [2.45, 2.75) is 18.9 Å². The molecule has 0 bridgehead atoms. The Morgan fingerprint density at radius 2 is 1.97 bits per heavy atom. The van der Waals surface area contributed by atoms with Gasteiger partial charge in [0.05, 0.1) is 17.9 Å². The zero-order valence-electron chi connectivity index (χ0n) is 15.9. The monoisotopic (exact) mass is 416 g/mol. The highest BCUT2D eigenvalue weighted by Crippen LogP contribution is 2.29. The Labute approximate surface area is 168 Å². The summed E-state index contributed by atoms with van der Waals surface area (Å²) in [6.45, 7) is 0.139. The molecule has 1 aromatic heterocycles. The molecular formula is C20H21FN4O3S. The van der Waals surface area contributed by atoms with Crippen LogP contribution in [0.3, 0.4) is 0 Å². The van der Waals surface area contributed by atoms with Crippen LogP contribution in [0, 0.1) is 5.82 Å². The molecule has 0 amide bonds. The predicted octanol–water partition coefficient (Wildman–Crippen LogP) is 2.74. The molecule has 9 heteroatoms. The van der Waals surface area contributed by atoms with Crippen LogP contribution in [0.25, 0.3) is 10.9 Å². The van der Waals surface area contributed by atoms with Gasteiger partial charge in [0.1, 0.15) is 18.0 Å². The minimum atomic E-state index is -3.45. The van der Waals surface area contributed by atoms with Gasteiger partial charge in [-0.3, -0.25) is 4.72 Å². The van der Waals surface area contributed by atoms with Gasteiger partial charge in [0, 0.05) is 24.2 Å². The number of fused-ring (bicyclic) bond motifs is 2. The molecule has 1 atom stereocenters. The molecule has 29 heavy (non-hydrogen) atoms. The fourth-order valence-corrected chi connectivity index (χ4v) is 4.52. The molecule has 0 saturated carbocycles. The number of nitrogens with zero attached hydrogens (tertiary/aromatic N) is 2. The van der Waals surface area contributed by atoms with Crippen molar-refractivity contribution in [1.29, 1.82) is 0 Å². The van der Waals surface area contributed by atoms with E-state index in [1.807, 2.05) is 12.1 Å². The molecular weight excluding hydrogens is 395 g/mol. The maximum atomic E-state index is 13.7. The first kappa shape index (κ1) is 19.5. The van der Waals surface area contributed by atoms with E-state index < -0.39 is 10.0 Å². The van der Waals surface area contributed by atoms with Gasteiger partial charge in [-0.25, -0.2) is 22.8 Å². The van der Waals surface area contributed by atoms with Crippen molar-refractivity contribution >= 4 is 32.4 Å². The molecule has 0 aliphatic heterocycles. The largest absolute Gasteiger partial charge is 0.384 e. The SMILES string of the molecule is COCCS(=O)(=O)Nc1ccc2c(c1)CC(Nc1ncnc3ccc(F)cc13)C2. The Balaban J connectivity index is 1.49. The molecule has 1 aliphatic rings. The summed E-state index contributed by atoms with van der Waals surface area (Å²) in [6, 6.07) is 10.1. The smallest absolute Gasteiger partial charge is 0.234 e. The van der Waals surface area contributed by atoms with Crippen LogP contribution in [0.4, 0.5) is 15.9 Å². The molecule has 0 radical (unpaired) electrons. The average Bonchev–Trinajstić information content (AvgIpc) is 3.08. The number of halogens is 1. The third-order valence-electron chi connectivity index (χ3n) is 4.91. The molecule has 152 valence electrons. The minimum absolute atomic E-state index is 0.0757. The lowest BCUT2D eigenvalue weighted by Crippen LogP contribution is -2.20. The normalized spacial score (nSPS) is 16.0. The van der Waals surface area contributed by atoms with E-state index in [-0.39, 0.29) is 24.2 Å². The number of methoxy groups -OCH3 is 1. The highest BCUT2D eigenvalue weighted by molar-refractivity contribution is 7.92. The van der Waals surface area contributed by atoms with Gasteiger partial charge in [0.25, 0.3) is 0 Å². The zero-order chi connectivity index (χ0) is 20.4. The summed E-state index contributed by atoms with van der Waals surface area (Å²) in [5.41, 5.74) is 3.42. The number of hydrogen-bond acceptors (Lipinski definition) is 6. The van der Waals surface area contributed by atoms with Crippen LogP contribution in [-0.2, 0) is 27.6 Å². The van der Waals surface area contributed by atoms with Crippen LogP contribution in [0.1, 0.15) is 11.1 Å². The summed E-state index contributed by atoms with van der Waals surface area (Å²) in [6.07, 6.45) is 2.94. The number of nitrogens with one attached hydrogen (secondary N) is 2. The van der Waals surface area contributed by atoms with Crippen molar-refractivity contribution in [1.82, 2.24) is 9.97 Å². The van der Waals surface area contributed by atoms with Crippen molar-refractivity contribution in [3.05, 3.63) is 59.7 Å². The predicted molar refractivity (Wildman–Crippen MR) is 110 cm³/mol. The van der Waals surface area contributed by atoms with Gasteiger partial charge in [-0.1, -0.05) is 6.07 Å². The Morgan fingerprint density at radius 1 is 1.14 bits per heavy atom. The van der Waals surface area contributed by atoms with Gasteiger partial charge < -0.3 is 10.1 Å². The van der Waals surface area contributed by atoms with Crippen molar-refractivity contribution in [2.75, 3.05) is 29.5 Å². The first-order valence-corrected chi connectivity index (χ1v) is 10.9. The van der Waals surface area contributed by atoms with E-state index in [4.69, 9.17) is 4.74 Å². The van der Waals surface area contributed by atoms with Crippen LogP contribution < -0.4 is 10.0 Å². The lowest BCUT2D eigenvalue weighted by Gasteiger charge is -2.14. The van der Waals surface area contributed by atoms with Crippen molar-refractivity contribution in [3.63, 3.8) is 0 Å². The van der Waals surface area contributed by atoms with E-state index in [1.165, 1.54) is 25.6 Å². The standard InChI is InChI=1S/C20H21FN4O3S/c1-28-6-7-29(26,27)25-16-4-2-13-8-17(10-14(13)9-16)24-20-18-11-15(21)3-5-19(18)22-12-23-20/h2-5,9,11-12,17,25H,6-8,10H2,1H3,(H,22,23,24). The second-order valence-corrected chi connectivity index (χ2v) is 8.87. The molecule has 0 fully saturated rings. The van der Waals surface area contributed by atoms with E-state index in [1.54, 1.807) is 12.1 Å². The summed E-state index contributed by atoms with van der Waals surface area (Å²) >= 11 is 0. The number of sulfonamides is 1. The number of ether oxygens (including phenoxy) is 1. The van der Waals surface area contributed by atoms with Gasteiger partial charge in [-0.2, -0.15) is 0 Å². The molecule has 1 unspecified atom stereocenters. The fraction of sp³-hybridized carbons (Fsp3) is 0.300. The van der Waals surface area contributed by atoms with Crippen molar-refractivity contribution in [3.8, 4) is 0 Å². The molecule has 3 aromatic rings. The molecule has 2 N–H and O–H groups in total. The summed E-state index contributed by atoms with van der Waals surface area (Å²) in [5, 5.41) is 4.01. The number of aromatic nitrogens is 2. The van der Waals surface area contributed by atoms with E-state index >= 15 is 0 Å². The van der Waals surface area contributed by atoms with Crippen molar-refractivity contribution in [2.24, 2.45) is 0 Å². The maximum absolute atomic E-state index is 13.7. The van der Waals surface area contributed by atoms with Crippen LogP contribution in [0.15, 0.2) is 42.7 Å². The third-order valence-corrected chi connectivity index (χ3v) is 6.16. The first-order chi connectivity index (χ1) is 13.9. The Kier molecular flexibility index (Phi) is 5.33. The fourth-order valence-electron chi connectivity index (χ4n) is 3.54. The van der Waals surface area contributed by atoms with E-state index in [0.717, 1.165) is 17.5 Å². The quantitative estimate of drug-likeness (QED) is 0.615. The maximum Gasteiger partial charge on any atom is 0.234 e. The van der Waals surface area contributed by atoms with Crippen LogP contribution in [-0.4, -0.2) is 43.9 Å². The summed E-state index contributed by atoms with van der Waals surface area (Å²) in [5.74, 6) is 0.158. The lowest BCUT2D eigenvalue weighted by molar-refractivity contribution is 0.217. The highest BCUT2D eigenvalue weighted by atomic mass is 32.2. The van der Waals surface area contributed by atoms with Crippen LogP contribution >= 0.6 is 0 Å². The van der Waals surface area contributed by atoms with Gasteiger partial charge in [0.15, 0.2) is 0 Å². The second kappa shape index (κ2) is 7.92. The zero-order valence-corrected chi connectivity index (χ0v) is 16.7. The molecule has 0 spiro atoms. The van der Waals surface area contributed by atoms with Crippen molar-refractivity contribution < 1.29 is 17.5 Å². The topological polar surface area (TPSA) is 93.2 Å². The van der Waals surface area contributed by atoms with Gasteiger partial charge in [0.2, 0.25) is 10.0 Å². The van der Waals surface area contributed by atoms with Crippen LogP contribution in [0.5, 0.6) is 0 Å². The molecule has 1 aliphatic carbocycles. The number of rotatable bonds is 7. The molecule has 0 saturated heterocycles. The van der Waals surface area contributed by atoms with E-state index in [0.29, 0.717) is 28.8 Å².